The highest BCUT2D eigenvalue weighted by atomic mass is 35.5. The Morgan fingerprint density at radius 3 is 2.73 bits per heavy atom. The van der Waals surface area contributed by atoms with E-state index in [4.69, 9.17) is 16.3 Å². The minimum atomic E-state index is -0.704. The number of hydrogen-bond acceptors (Lipinski definition) is 3. The molecule has 3 aliphatic heterocycles. The van der Waals surface area contributed by atoms with Crippen LogP contribution in [0.3, 0.4) is 0 Å². The van der Waals surface area contributed by atoms with Crippen molar-refractivity contribution < 1.29 is 14.3 Å². The third-order valence-corrected chi connectivity index (χ3v) is 6.72. The van der Waals surface area contributed by atoms with Gasteiger partial charge < -0.3 is 15.0 Å². The smallest absolute Gasteiger partial charge is 0.230 e. The third-order valence-electron chi connectivity index (χ3n) is 6.36. The summed E-state index contributed by atoms with van der Waals surface area (Å²) in [6.07, 6.45) is 4.33. The number of carbonyl (C=O) groups is 2. The predicted octanol–water partition coefficient (Wildman–Crippen LogP) is 2.98. The number of likely N-dealkylation sites (tertiary alicyclic amines) is 1. The van der Waals surface area contributed by atoms with E-state index in [1.54, 1.807) is 4.90 Å². The van der Waals surface area contributed by atoms with E-state index in [0.717, 1.165) is 12.0 Å². The summed E-state index contributed by atoms with van der Waals surface area (Å²) in [5.41, 5.74) is 1.36. The van der Waals surface area contributed by atoms with Crippen LogP contribution in [0.25, 0.3) is 0 Å². The molecule has 30 heavy (non-hydrogen) atoms. The van der Waals surface area contributed by atoms with Crippen LogP contribution in [0.2, 0.25) is 5.02 Å². The lowest BCUT2D eigenvalue weighted by molar-refractivity contribution is -0.137. The van der Waals surface area contributed by atoms with Gasteiger partial charge in [-0.2, -0.15) is 0 Å². The standard InChI is InChI=1S/C24H23ClN2O3/c25-18-9-5-4-8-17(18)14-27-15-24-12-10-19(30-24)20(21(24)23(27)29)22(28)26-13-11-16-6-2-1-3-7-16/h1-10,12,19-21H,11,13-15H2,(H,26,28). The number of hydrogen-bond donors (Lipinski definition) is 1. The number of fused-ring (bicyclic) bond motifs is 1. The zero-order valence-electron chi connectivity index (χ0n) is 16.5. The van der Waals surface area contributed by atoms with Crippen LogP contribution in [0, 0.1) is 11.8 Å². The molecule has 3 aliphatic rings. The maximum absolute atomic E-state index is 13.3. The van der Waals surface area contributed by atoms with Crippen LogP contribution in [-0.4, -0.2) is 41.5 Å². The van der Waals surface area contributed by atoms with Gasteiger partial charge in [0.15, 0.2) is 0 Å². The van der Waals surface area contributed by atoms with Gasteiger partial charge in [-0.25, -0.2) is 0 Å². The fraction of sp³-hybridized carbons (Fsp3) is 0.333. The van der Waals surface area contributed by atoms with E-state index in [1.165, 1.54) is 5.56 Å². The molecule has 2 bridgehead atoms. The fourth-order valence-electron chi connectivity index (χ4n) is 4.94. The second-order valence-corrected chi connectivity index (χ2v) is 8.62. The predicted molar refractivity (Wildman–Crippen MR) is 114 cm³/mol. The molecule has 0 aliphatic carbocycles. The normalized spacial score (nSPS) is 28.8. The van der Waals surface area contributed by atoms with Crippen LogP contribution in [0.4, 0.5) is 0 Å². The molecule has 2 aromatic rings. The summed E-state index contributed by atoms with van der Waals surface area (Å²) in [5.74, 6) is -1.12. The van der Waals surface area contributed by atoms with E-state index >= 15 is 0 Å². The molecule has 5 nitrogen and oxygen atoms in total. The molecule has 1 N–H and O–H groups in total. The molecular formula is C24H23ClN2O3. The topological polar surface area (TPSA) is 58.6 Å². The molecule has 2 saturated heterocycles. The van der Waals surface area contributed by atoms with Crippen LogP contribution in [-0.2, 0) is 27.3 Å². The number of rotatable bonds is 6. The molecule has 5 rings (SSSR count). The van der Waals surface area contributed by atoms with Gasteiger partial charge in [0.05, 0.1) is 24.5 Å². The van der Waals surface area contributed by atoms with Gasteiger partial charge in [0.25, 0.3) is 0 Å². The number of benzene rings is 2. The Morgan fingerprint density at radius 2 is 1.93 bits per heavy atom. The van der Waals surface area contributed by atoms with Crippen LogP contribution < -0.4 is 5.32 Å². The second kappa shape index (κ2) is 7.56. The molecular weight excluding hydrogens is 400 g/mol. The summed E-state index contributed by atoms with van der Waals surface area (Å²) < 4.78 is 6.18. The lowest BCUT2D eigenvalue weighted by Crippen LogP contribution is -2.44. The van der Waals surface area contributed by atoms with Gasteiger partial charge in [0.1, 0.15) is 5.60 Å². The summed E-state index contributed by atoms with van der Waals surface area (Å²) in [6, 6.07) is 17.5. The number of amides is 2. The Hall–Kier alpha value is -2.63. The van der Waals surface area contributed by atoms with Crippen molar-refractivity contribution in [3.05, 3.63) is 82.9 Å². The summed E-state index contributed by atoms with van der Waals surface area (Å²) >= 11 is 6.29. The Kier molecular flexibility index (Phi) is 4.88. The Labute approximate surface area is 180 Å². The second-order valence-electron chi connectivity index (χ2n) is 8.21. The largest absolute Gasteiger partial charge is 0.360 e. The van der Waals surface area contributed by atoms with E-state index in [0.29, 0.717) is 24.7 Å². The Balaban J connectivity index is 1.29. The summed E-state index contributed by atoms with van der Waals surface area (Å²) in [7, 11) is 0. The number of nitrogens with zero attached hydrogens (tertiary/aromatic N) is 1. The first-order valence-corrected chi connectivity index (χ1v) is 10.7. The van der Waals surface area contributed by atoms with Crippen LogP contribution in [0.15, 0.2) is 66.7 Å². The van der Waals surface area contributed by atoms with Gasteiger partial charge in [0, 0.05) is 18.1 Å². The van der Waals surface area contributed by atoms with Gasteiger partial charge in [-0.05, 0) is 23.6 Å². The molecule has 3 heterocycles. The summed E-state index contributed by atoms with van der Waals surface area (Å²) in [5, 5.41) is 3.65. The van der Waals surface area contributed by atoms with Gasteiger partial charge >= 0.3 is 0 Å². The molecule has 4 atom stereocenters. The van der Waals surface area contributed by atoms with Gasteiger partial charge in [0.2, 0.25) is 11.8 Å². The van der Waals surface area contributed by atoms with E-state index in [-0.39, 0.29) is 17.9 Å². The lowest BCUT2D eigenvalue weighted by atomic mass is 9.77. The number of ether oxygens (including phenoxy) is 1. The maximum atomic E-state index is 13.3. The van der Waals surface area contributed by atoms with Crippen LogP contribution in [0.1, 0.15) is 11.1 Å². The van der Waals surface area contributed by atoms with Crippen molar-refractivity contribution in [3.8, 4) is 0 Å². The lowest BCUT2D eigenvalue weighted by Gasteiger charge is -2.23. The zero-order chi connectivity index (χ0) is 20.7. The fourth-order valence-corrected chi connectivity index (χ4v) is 5.13. The van der Waals surface area contributed by atoms with Crippen molar-refractivity contribution >= 4 is 23.4 Å². The summed E-state index contributed by atoms with van der Waals surface area (Å²) in [6.45, 7) is 1.40. The molecule has 2 fully saturated rings. The van der Waals surface area contributed by atoms with Gasteiger partial charge in [-0.3, -0.25) is 9.59 Å². The van der Waals surface area contributed by atoms with Crippen molar-refractivity contribution in [2.75, 3.05) is 13.1 Å². The highest BCUT2D eigenvalue weighted by molar-refractivity contribution is 6.31. The Bertz CT molecular complexity index is 1010. The van der Waals surface area contributed by atoms with Gasteiger partial charge in [-0.1, -0.05) is 72.3 Å². The van der Waals surface area contributed by atoms with Crippen molar-refractivity contribution in [1.29, 1.82) is 0 Å². The molecule has 1 spiro atoms. The Morgan fingerprint density at radius 1 is 1.17 bits per heavy atom. The van der Waals surface area contributed by atoms with E-state index in [2.05, 4.69) is 5.32 Å². The van der Waals surface area contributed by atoms with Crippen LogP contribution >= 0.6 is 11.6 Å². The quantitative estimate of drug-likeness (QED) is 0.728. The average Bonchev–Trinajstić information content (AvgIpc) is 3.39. The van der Waals surface area contributed by atoms with E-state index in [9.17, 15) is 9.59 Å². The molecule has 2 aromatic carbocycles. The first kappa shape index (κ1) is 19.3. The molecule has 0 aromatic heterocycles. The first-order chi connectivity index (χ1) is 14.6. The molecule has 0 saturated carbocycles. The SMILES string of the molecule is O=C(NCCc1ccccc1)C1C2C=CC3(CN(Cc4ccccc4Cl)C(=O)C13)O2. The van der Waals surface area contributed by atoms with E-state index in [1.807, 2.05) is 66.7 Å². The number of carbonyl (C=O) groups excluding carboxylic acids is 2. The average molecular weight is 423 g/mol. The molecule has 2 amide bonds. The number of nitrogens with one attached hydrogen (secondary N) is 1. The number of halogens is 1. The summed E-state index contributed by atoms with van der Waals surface area (Å²) in [4.78, 5) is 28.1. The molecule has 154 valence electrons. The monoisotopic (exact) mass is 422 g/mol. The van der Waals surface area contributed by atoms with Gasteiger partial charge in [-0.15, -0.1) is 0 Å². The molecule has 0 radical (unpaired) electrons. The third kappa shape index (κ3) is 3.22. The minimum Gasteiger partial charge on any atom is -0.360 e. The molecule has 6 heteroatoms. The zero-order valence-corrected chi connectivity index (χ0v) is 17.2. The van der Waals surface area contributed by atoms with Crippen molar-refractivity contribution in [3.63, 3.8) is 0 Å². The first-order valence-electron chi connectivity index (χ1n) is 10.3. The van der Waals surface area contributed by atoms with Crippen LogP contribution in [0.5, 0.6) is 0 Å². The highest BCUT2D eigenvalue weighted by Crippen LogP contribution is 2.52. The maximum Gasteiger partial charge on any atom is 0.230 e. The van der Waals surface area contributed by atoms with Crippen molar-refractivity contribution in [2.24, 2.45) is 11.8 Å². The molecule has 4 unspecified atom stereocenters. The van der Waals surface area contributed by atoms with E-state index < -0.39 is 17.4 Å². The van der Waals surface area contributed by atoms with Crippen molar-refractivity contribution in [1.82, 2.24) is 10.2 Å². The highest BCUT2D eigenvalue weighted by Gasteiger charge is 2.66. The van der Waals surface area contributed by atoms with Crippen molar-refractivity contribution in [2.45, 2.75) is 24.7 Å². The minimum absolute atomic E-state index is 0.0371.